The van der Waals surface area contributed by atoms with Gasteiger partial charge in [0.2, 0.25) is 0 Å². The predicted molar refractivity (Wildman–Crippen MR) is 128 cm³/mol. The zero-order chi connectivity index (χ0) is 23.9. The Hall–Kier alpha value is -2.93. The molecule has 13 heteroatoms. The van der Waals surface area contributed by atoms with Crippen molar-refractivity contribution in [2.45, 2.75) is 16.0 Å². The number of thiol groups is 1. The molecule has 0 spiro atoms. The molecule has 0 saturated carbocycles. The quantitative estimate of drug-likeness (QED) is 0.344. The van der Waals surface area contributed by atoms with Crippen LogP contribution in [0.2, 0.25) is 4.34 Å². The smallest absolute Gasteiger partial charge is 0.307 e. The third-order valence-corrected chi connectivity index (χ3v) is 7.84. The molecule has 8 nitrogen and oxygen atoms in total. The monoisotopic (exact) mass is 524 g/mol. The first kappa shape index (κ1) is 23.2. The van der Waals surface area contributed by atoms with E-state index in [4.69, 9.17) is 11.6 Å². The Balaban J connectivity index is 1.62. The maximum atomic E-state index is 14.9. The second-order valence-corrected chi connectivity index (χ2v) is 10.9. The van der Waals surface area contributed by atoms with Gasteiger partial charge in [-0.3, -0.25) is 9.36 Å². The van der Waals surface area contributed by atoms with Gasteiger partial charge >= 0.3 is 6.03 Å². The molecule has 170 valence electrons. The number of aryl methyl sites for hydroxylation is 1. The van der Waals surface area contributed by atoms with Crippen LogP contribution in [0.4, 0.5) is 14.9 Å². The minimum atomic E-state index is -4.14. The van der Waals surface area contributed by atoms with Crippen LogP contribution in [-0.2, 0) is 10.0 Å². The molecule has 2 aromatic carbocycles. The normalized spacial score (nSPS) is 11.5. The average molecular weight is 525 g/mol. The molecule has 0 aliphatic carbocycles. The Morgan fingerprint density at radius 3 is 2.61 bits per heavy atom. The third kappa shape index (κ3) is 4.74. The van der Waals surface area contributed by atoms with Gasteiger partial charge in [0.05, 0.1) is 20.9 Å². The van der Waals surface area contributed by atoms with Crippen molar-refractivity contribution in [3.8, 4) is 5.69 Å². The Morgan fingerprint density at radius 2 is 1.94 bits per heavy atom. The highest BCUT2D eigenvalue weighted by molar-refractivity contribution is 7.92. The fraction of sp³-hybridized carbons (Fsp3) is 0.0500. The molecule has 2 heterocycles. The Kier molecular flexibility index (Phi) is 6.18. The number of anilines is 1. The lowest BCUT2D eigenvalue weighted by Crippen LogP contribution is -2.34. The molecule has 2 amide bonds. The molecule has 0 bridgehead atoms. The number of sulfonamides is 1. The highest BCUT2D eigenvalue weighted by Gasteiger charge is 2.20. The molecule has 0 radical (unpaired) electrons. The molecular formula is C20H14ClFN4O4S3. The number of hydrogen-bond donors (Lipinski definition) is 3. The van der Waals surface area contributed by atoms with E-state index >= 15 is 0 Å². The van der Waals surface area contributed by atoms with E-state index < -0.39 is 27.4 Å². The van der Waals surface area contributed by atoms with Crippen LogP contribution in [0, 0.1) is 12.7 Å². The molecular weight excluding hydrogens is 511 g/mol. The molecule has 4 rings (SSSR count). The molecule has 0 saturated heterocycles. The van der Waals surface area contributed by atoms with Crippen molar-refractivity contribution in [3.63, 3.8) is 0 Å². The van der Waals surface area contributed by atoms with E-state index in [1.54, 1.807) is 25.1 Å². The van der Waals surface area contributed by atoms with Gasteiger partial charge in [0.25, 0.3) is 15.6 Å². The van der Waals surface area contributed by atoms with Gasteiger partial charge in [-0.1, -0.05) is 11.6 Å². The van der Waals surface area contributed by atoms with Crippen LogP contribution >= 0.6 is 35.6 Å². The van der Waals surface area contributed by atoms with Crippen LogP contribution in [0.25, 0.3) is 16.6 Å². The van der Waals surface area contributed by atoms with Crippen molar-refractivity contribution in [2.24, 2.45) is 0 Å². The number of nitrogens with one attached hydrogen (secondary N) is 2. The number of amides is 2. The van der Waals surface area contributed by atoms with Crippen molar-refractivity contribution in [3.05, 3.63) is 74.9 Å². The number of nitrogens with zero attached hydrogens (tertiary/aromatic N) is 2. The van der Waals surface area contributed by atoms with Gasteiger partial charge in [-0.25, -0.2) is 27.3 Å². The van der Waals surface area contributed by atoms with Gasteiger partial charge in [-0.05, 0) is 55.5 Å². The SMILES string of the molecule is Cc1nc2ccc(S)cc2c(=O)n1-c1ccc(NC(=O)NS(=O)(=O)c2ccc(Cl)s2)cc1F. The number of urea groups is 1. The summed E-state index contributed by atoms with van der Waals surface area (Å²) < 4.78 is 42.4. The van der Waals surface area contributed by atoms with Crippen LogP contribution in [0.5, 0.6) is 0 Å². The van der Waals surface area contributed by atoms with Crippen molar-refractivity contribution >= 4 is 68.2 Å². The molecule has 0 aliphatic rings. The average Bonchev–Trinajstić information content (AvgIpc) is 3.17. The van der Waals surface area contributed by atoms with Crippen LogP contribution in [0.1, 0.15) is 5.82 Å². The summed E-state index contributed by atoms with van der Waals surface area (Å²) in [5.41, 5.74) is -0.130. The summed E-state index contributed by atoms with van der Waals surface area (Å²) in [6.07, 6.45) is 0. The zero-order valence-electron chi connectivity index (χ0n) is 16.7. The lowest BCUT2D eigenvalue weighted by Gasteiger charge is -2.13. The predicted octanol–water partition coefficient (Wildman–Crippen LogP) is 4.35. The molecule has 0 unspecified atom stereocenters. The first-order valence-electron chi connectivity index (χ1n) is 9.16. The third-order valence-electron chi connectivity index (χ3n) is 4.51. The summed E-state index contributed by atoms with van der Waals surface area (Å²) in [7, 11) is -4.14. The number of hydrogen-bond acceptors (Lipinski definition) is 7. The number of benzene rings is 2. The van der Waals surface area contributed by atoms with Crippen molar-refractivity contribution in [1.29, 1.82) is 0 Å². The van der Waals surface area contributed by atoms with Gasteiger partial charge in [0, 0.05) is 10.6 Å². The Labute approximate surface area is 201 Å². The standard InChI is InChI=1S/C20H14ClFN4O4S3/c1-10-23-15-4-3-12(31)9-13(15)19(27)26(10)16-5-2-11(8-14(16)22)24-20(28)25-33(29,30)18-7-6-17(21)32-18/h2-9,31H,1H3,(H2,24,25,28). The van der Waals surface area contributed by atoms with E-state index in [0.717, 1.165) is 22.0 Å². The van der Waals surface area contributed by atoms with Crippen LogP contribution in [0.15, 0.2) is 62.4 Å². The van der Waals surface area contributed by atoms with Gasteiger partial charge < -0.3 is 5.32 Å². The summed E-state index contributed by atoms with van der Waals surface area (Å²) >= 11 is 10.7. The minimum absolute atomic E-state index is 0.0229. The van der Waals surface area contributed by atoms with Gasteiger partial charge in [0.1, 0.15) is 15.9 Å². The van der Waals surface area contributed by atoms with Gasteiger partial charge in [-0.15, -0.1) is 24.0 Å². The second-order valence-electron chi connectivity index (χ2n) is 6.79. The lowest BCUT2D eigenvalue weighted by molar-refractivity contribution is 0.256. The fourth-order valence-electron chi connectivity index (χ4n) is 3.11. The number of thiophene rings is 1. The number of fused-ring (bicyclic) bond motifs is 1. The van der Waals surface area contributed by atoms with E-state index in [1.165, 1.54) is 24.3 Å². The minimum Gasteiger partial charge on any atom is -0.307 e. The maximum Gasteiger partial charge on any atom is 0.333 e. The fourth-order valence-corrected chi connectivity index (χ4v) is 5.70. The van der Waals surface area contributed by atoms with Gasteiger partial charge in [0.15, 0.2) is 0 Å². The number of rotatable bonds is 4. The molecule has 33 heavy (non-hydrogen) atoms. The van der Waals surface area contributed by atoms with E-state index in [-0.39, 0.29) is 31.1 Å². The summed E-state index contributed by atoms with van der Waals surface area (Å²) in [5, 5.41) is 2.52. The summed E-state index contributed by atoms with van der Waals surface area (Å²) in [6, 6.07) is 10.0. The van der Waals surface area contributed by atoms with Crippen molar-refractivity contribution < 1.29 is 17.6 Å². The zero-order valence-corrected chi connectivity index (χ0v) is 19.9. The molecule has 0 aliphatic heterocycles. The number of carbonyl (C=O) groups excluding carboxylic acids is 1. The number of halogens is 2. The highest BCUT2D eigenvalue weighted by atomic mass is 35.5. The van der Waals surface area contributed by atoms with E-state index in [2.05, 4.69) is 22.9 Å². The summed E-state index contributed by atoms with van der Waals surface area (Å²) in [4.78, 5) is 30.0. The van der Waals surface area contributed by atoms with Crippen LogP contribution < -0.4 is 15.6 Å². The molecule has 4 aromatic rings. The number of carbonyl (C=O) groups is 1. The van der Waals surface area contributed by atoms with Crippen LogP contribution in [-0.4, -0.2) is 24.0 Å². The second kappa shape index (κ2) is 8.78. The van der Waals surface area contributed by atoms with E-state index in [0.29, 0.717) is 10.4 Å². The van der Waals surface area contributed by atoms with Gasteiger partial charge in [-0.2, -0.15) is 0 Å². The molecule has 0 fully saturated rings. The lowest BCUT2D eigenvalue weighted by atomic mass is 10.2. The van der Waals surface area contributed by atoms with Crippen molar-refractivity contribution in [1.82, 2.24) is 14.3 Å². The van der Waals surface area contributed by atoms with Crippen molar-refractivity contribution in [2.75, 3.05) is 5.32 Å². The first-order valence-corrected chi connectivity index (χ1v) is 12.3. The first-order chi connectivity index (χ1) is 15.5. The topological polar surface area (TPSA) is 110 Å². The summed E-state index contributed by atoms with van der Waals surface area (Å²) in [6.45, 7) is 1.57. The molecule has 2 N–H and O–H groups in total. The molecule has 2 aromatic heterocycles. The Bertz CT molecular complexity index is 1580. The highest BCUT2D eigenvalue weighted by Crippen LogP contribution is 2.25. The van der Waals surface area contributed by atoms with Crippen LogP contribution in [0.3, 0.4) is 0 Å². The maximum absolute atomic E-state index is 14.9. The largest absolute Gasteiger partial charge is 0.333 e. The van der Waals surface area contributed by atoms with E-state index in [9.17, 15) is 22.4 Å². The summed E-state index contributed by atoms with van der Waals surface area (Å²) in [5.74, 6) is -0.563. The van der Waals surface area contributed by atoms with E-state index in [1.807, 2.05) is 4.72 Å². The number of aromatic nitrogens is 2. The Morgan fingerprint density at radius 1 is 1.18 bits per heavy atom. The molecule has 0 atom stereocenters.